The van der Waals surface area contributed by atoms with Gasteiger partial charge in [-0.2, -0.15) is 0 Å². The summed E-state index contributed by atoms with van der Waals surface area (Å²) in [4.78, 5) is 20.3. The summed E-state index contributed by atoms with van der Waals surface area (Å²) in [5.41, 5.74) is 1.98. The number of hydrogen-bond acceptors (Lipinski definition) is 3. The van der Waals surface area contributed by atoms with E-state index in [9.17, 15) is 4.79 Å². The number of nitrogens with zero attached hydrogens (tertiary/aromatic N) is 3. The van der Waals surface area contributed by atoms with Crippen molar-refractivity contribution in [2.24, 2.45) is 0 Å². The number of aromatic nitrogens is 3. The SMILES string of the molecule is O=C(NCc1cccnc1)c1cn2cc(Cl)ccc2n1. The second-order valence-corrected chi connectivity index (χ2v) is 4.72. The van der Waals surface area contributed by atoms with Gasteiger partial charge >= 0.3 is 0 Å². The lowest BCUT2D eigenvalue weighted by molar-refractivity contribution is 0.0946. The third-order valence-electron chi connectivity index (χ3n) is 2.82. The maximum Gasteiger partial charge on any atom is 0.271 e. The van der Waals surface area contributed by atoms with Crippen LogP contribution < -0.4 is 5.32 Å². The normalized spacial score (nSPS) is 10.7. The molecule has 100 valence electrons. The summed E-state index contributed by atoms with van der Waals surface area (Å²) in [6.07, 6.45) is 6.77. The van der Waals surface area contributed by atoms with E-state index in [1.807, 2.05) is 12.1 Å². The van der Waals surface area contributed by atoms with E-state index >= 15 is 0 Å². The van der Waals surface area contributed by atoms with Gasteiger partial charge in [-0.05, 0) is 23.8 Å². The second-order valence-electron chi connectivity index (χ2n) is 4.28. The molecule has 5 nitrogen and oxygen atoms in total. The predicted molar refractivity (Wildman–Crippen MR) is 75.6 cm³/mol. The molecule has 0 saturated carbocycles. The van der Waals surface area contributed by atoms with Crippen molar-refractivity contribution in [2.75, 3.05) is 0 Å². The average Bonchev–Trinajstić information content (AvgIpc) is 2.89. The monoisotopic (exact) mass is 286 g/mol. The number of imidazole rings is 1. The van der Waals surface area contributed by atoms with Gasteiger partial charge in [0.1, 0.15) is 11.3 Å². The number of amides is 1. The molecule has 3 aromatic heterocycles. The number of pyridine rings is 2. The molecule has 1 amide bonds. The molecule has 0 radical (unpaired) electrons. The standard InChI is InChI=1S/C14H11ClN4O/c15-11-3-4-13-18-12(9-19(13)8-11)14(20)17-7-10-2-1-5-16-6-10/h1-6,8-9H,7H2,(H,17,20). The fourth-order valence-electron chi connectivity index (χ4n) is 1.85. The van der Waals surface area contributed by atoms with E-state index in [0.29, 0.717) is 22.9 Å². The van der Waals surface area contributed by atoms with Gasteiger partial charge in [0.15, 0.2) is 0 Å². The average molecular weight is 287 g/mol. The topological polar surface area (TPSA) is 59.3 Å². The molecular formula is C14H11ClN4O. The Balaban J connectivity index is 1.75. The van der Waals surface area contributed by atoms with Gasteiger partial charge in [-0.15, -0.1) is 0 Å². The number of carbonyl (C=O) groups is 1. The smallest absolute Gasteiger partial charge is 0.271 e. The molecule has 0 aliphatic heterocycles. The number of nitrogens with one attached hydrogen (secondary N) is 1. The van der Waals surface area contributed by atoms with Crippen LogP contribution in [0, 0.1) is 0 Å². The van der Waals surface area contributed by atoms with Crippen molar-refractivity contribution in [1.82, 2.24) is 19.7 Å². The molecule has 3 aromatic rings. The molecular weight excluding hydrogens is 276 g/mol. The molecule has 3 rings (SSSR count). The molecule has 0 spiro atoms. The van der Waals surface area contributed by atoms with Gasteiger partial charge in [-0.3, -0.25) is 9.78 Å². The highest BCUT2D eigenvalue weighted by atomic mass is 35.5. The summed E-state index contributed by atoms with van der Waals surface area (Å²) in [5.74, 6) is -0.228. The Bertz CT molecular complexity index is 754. The van der Waals surface area contributed by atoms with Crippen molar-refractivity contribution >= 4 is 23.2 Å². The highest BCUT2D eigenvalue weighted by Crippen LogP contribution is 2.11. The summed E-state index contributed by atoms with van der Waals surface area (Å²) < 4.78 is 1.72. The lowest BCUT2D eigenvalue weighted by atomic mass is 10.3. The summed E-state index contributed by atoms with van der Waals surface area (Å²) in [6, 6.07) is 7.23. The van der Waals surface area contributed by atoms with Crippen LogP contribution in [0.3, 0.4) is 0 Å². The van der Waals surface area contributed by atoms with Gasteiger partial charge in [0.05, 0.1) is 5.02 Å². The van der Waals surface area contributed by atoms with Crippen molar-refractivity contribution in [3.8, 4) is 0 Å². The third-order valence-corrected chi connectivity index (χ3v) is 3.05. The van der Waals surface area contributed by atoms with Crippen molar-refractivity contribution < 1.29 is 4.79 Å². The van der Waals surface area contributed by atoms with Crippen molar-refractivity contribution in [2.45, 2.75) is 6.54 Å². The largest absolute Gasteiger partial charge is 0.347 e. The molecule has 6 heteroatoms. The molecule has 0 aliphatic carbocycles. The molecule has 0 atom stereocenters. The molecule has 0 unspecified atom stereocenters. The van der Waals surface area contributed by atoms with Gasteiger partial charge in [0.2, 0.25) is 0 Å². The van der Waals surface area contributed by atoms with Crippen LogP contribution in [0.15, 0.2) is 49.1 Å². The Hall–Kier alpha value is -2.40. The Morgan fingerprint density at radius 2 is 2.20 bits per heavy atom. The number of carbonyl (C=O) groups excluding carboxylic acids is 1. The number of halogens is 1. The summed E-state index contributed by atoms with van der Waals surface area (Å²) >= 11 is 5.89. The molecule has 0 aromatic carbocycles. The zero-order valence-corrected chi connectivity index (χ0v) is 11.2. The van der Waals surface area contributed by atoms with Crippen LogP contribution in [0.2, 0.25) is 5.02 Å². The lowest BCUT2D eigenvalue weighted by Gasteiger charge is -2.02. The first kappa shape index (κ1) is 12.6. The minimum atomic E-state index is -0.228. The molecule has 20 heavy (non-hydrogen) atoms. The van der Waals surface area contributed by atoms with Gasteiger partial charge in [-0.1, -0.05) is 17.7 Å². The minimum Gasteiger partial charge on any atom is -0.347 e. The molecule has 1 N–H and O–H groups in total. The zero-order chi connectivity index (χ0) is 13.9. The number of fused-ring (bicyclic) bond motifs is 1. The van der Waals surface area contributed by atoms with E-state index in [1.165, 1.54) is 0 Å². The zero-order valence-electron chi connectivity index (χ0n) is 10.5. The fourth-order valence-corrected chi connectivity index (χ4v) is 2.02. The van der Waals surface area contributed by atoms with Crippen molar-refractivity contribution in [1.29, 1.82) is 0 Å². The minimum absolute atomic E-state index is 0.228. The summed E-state index contributed by atoms with van der Waals surface area (Å²) in [7, 11) is 0. The van der Waals surface area contributed by atoms with Crippen LogP contribution in [-0.4, -0.2) is 20.3 Å². The van der Waals surface area contributed by atoms with E-state index in [4.69, 9.17) is 11.6 Å². The second kappa shape index (κ2) is 5.30. The molecule has 3 heterocycles. The molecule has 0 bridgehead atoms. The summed E-state index contributed by atoms with van der Waals surface area (Å²) in [5, 5.41) is 3.40. The van der Waals surface area contributed by atoms with Gasteiger partial charge in [-0.25, -0.2) is 4.98 Å². The molecule has 0 saturated heterocycles. The number of rotatable bonds is 3. The van der Waals surface area contributed by atoms with Crippen LogP contribution in [0.4, 0.5) is 0 Å². The maximum absolute atomic E-state index is 12.0. The van der Waals surface area contributed by atoms with Crippen LogP contribution in [0.1, 0.15) is 16.1 Å². The van der Waals surface area contributed by atoms with Crippen LogP contribution in [0.25, 0.3) is 5.65 Å². The van der Waals surface area contributed by atoms with E-state index in [2.05, 4.69) is 15.3 Å². The van der Waals surface area contributed by atoms with Crippen LogP contribution in [0.5, 0.6) is 0 Å². The van der Waals surface area contributed by atoms with Crippen molar-refractivity contribution in [3.63, 3.8) is 0 Å². The van der Waals surface area contributed by atoms with Gasteiger partial charge in [0, 0.05) is 31.3 Å². The first-order valence-electron chi connectivity index (χ1n) is 6.04. The van der Waals surface area contributed by atoms with Gasteiger partial charge in [0.25, 0.3) is 5.91 Å². The Kier molecular flexibility index (Phi) is 3.35. The Morgan fingerprint density at radius 1 is 1.30 bits per heavy atom. The fraction of sp³-hybridized carbons (Fsp3) is 0.0714. The Morgan fingerprint density at radius 3 is 3.00 bits per heavy atom. The third kappa shape index (κ3) is 2.62. The summed E-state index contributed by atoms with van der Waals surface area (Å²) in [6.45, 7) is 0.418. The Labute approximate surface area is 120 Å². The quantitative estimate of drug-likeness (QED) is 0.804. The highest BCUT2D eigenvalue weighted by molar-refractivity contribution is 6.30. The van der Waals surface area contributed by atoms with Crippen molar-refractivity contribution in [3.05, 3.63) is 65.3 Å². The number of hydrogen-bond donors (Lipinski definition) is 1. The van der Waals surface area contributed by atoms with E-state index < -0.39 is 0 Å². The van der Waals surface area contributed by atoms with E-state index in [0.717, 1.165) is 5.56 Å². The van der Waals surface area contributed by atoms with Gasteiger partial charge < -0.3 is 9.72 Å². The van der Waals surface area contributed by atoms with Crippen LogP contribution in [-0.2, 0) is 6.54 Å². The predicted octanol–water partition coefficient (Wildman–Crippen LogP) is 2.31. The van der Waals surface area contributed by atoms with E-state index in [-0.39, 0.29) is 5.91 Å². The highest BCUT2D eigenvalue weighted by Gasteiger charge is 2.10. The van der Waals surface area contributed by atoms with Crippen LogP contribution >= 0.6 is 11.6 Å². The first-order chi connectivity index (χ1) is 9.72. The lowest BCUT2D eigenvalue weighted by Crippen LogP contribution is -2.23. The first-order valence-corrected chi connectivity index (χ1v) is 6.41. The maximum atomic E-state index is 12.0. The van der Waals surface area contributed by atoms with E-state index in [1.54, 1.807) is 41.3 Å². The molecule has 0 fully saturated rings. The molecule has 0 aliphatic rings.